The third-order valence-electron chi connectivity index (χ3n) is 8.22. The summed E-state index contributed by atoms with van der Waals surface area (Å²) in [7, 11) is 1.38. The molecule has 4 rings (SSSR count). The van der Waals surface area contributed by atoms with Crippen molar-refractivity contribution in [3.63, 3.8) is 0 Å². The van der Waals surface area contributed by atoms with Crippen LogP contribution in [0.15, 0.2) is 60.7 Å². The molecule has 0 aliphatic heterocycles. The van der Waals surface area contributed by atoms with Crippen LogP contribution in [0, 0.1) is 28.7 Å². The van der Waals surface area contributed by atoms with Crippen molar-refractivity contribution in [1.29, 1.82) is 0 Å². The van der Waals surface area contributed by atoms with E-state index in [4.69, 9.17) is 4.74 Å². The Morgan fingerprint density at radius 3 is 2.02 bits per heavy atom. The van der Waals surface area contributed by atoms with E-state index in [0.717, 1.165) is 0 Å². The van der Waals surface area contributed by atoms with Gasteiger partial charge in [-0.05, 0) is 43.5 Å². The van der Waals surface area contributed by atoms with Crippen molar-refractivity contribution < 1.29 is 60.9 Å². The lowest BCUT2D eigenvalue weighted by Crippen LogP contribution is -2.60. The van der Waals surface area contributed by atoms with Crippen LogP contribution >= 0.6 is 0 Å². The van der Waals surface area contributed by atoms with E-state index in [1.54, 1.807) is 42.5 Å². The molecule has 0 heterocycles. The highest BCUT2D eigenvalue weighted by molar-refractivity contribution is 6.09. The molecule has 52 heavy (non-hydrogen) atoms. The van der Waals surface area contributed by atoms with Gasteiger partial charge in [0.05, 0.1) is 6.42 Å². The number of aliphatic carboxylic acids is 1. The molecule has 3 aromatic rings. The molecule has 0 aromatic heterocycles. The van der Waals surface area contributed by atoms with Crippen LogP contribution < -0.4 is 30.7 Å². The summed E-state index contributed by atoms with van der Waals surface area (Å²) in [6.45, 7) is -1.31. The Kier molecular flexibility index (Phi) is 12.9. The zero-order valence-electron chi connectivity index (χ0n) is 27.6. The van der Waals surface area contributed by atoms with Crippen molar-refractivity contribution in [1.82, 2.24) is 16.0 Å². The Hall–Kier alpha value is -6.00. The van der Waals surface area contributed by atoms with Gasteiger partial charge in [0.25, 0.3) is 0 Å². The predicted molar refractivity (Wildman–Crippen MR) is 174 cm³/mol. The van der Waals surface area contributed by atoms with Crippen molar-refractivity contribution in [2.45, 2.75) is 50.6 Å². The average Bonchev–Trinajstić information content (AvgIpc) is 3.08. The summed E-state index contributed by atoms with van der Waals surface area (Å²) in [6, 6.07) is 11.8. The number of hydrogen-bond acceptors (Lipinski definition) is 8. The number of carbonyl (C=O) groups is 6. The average molecular weight is 731 g/mol. The molecular formula is C35H34F4N4O9. The lowest BCUT2D eigenvalue weighted by atomic mass is 9.67. The molecular weight excluding hydrogens is 696 g/mol. The van der Waals surface area contributed by atoms with Gasteiger partial charge < -0.3 is 35.8 Å². The molecule has 1 saturated carbocycles. The van der Waals surface area contributed by atoms with Gasteiger partial charge in [-0.25, -0.2) is 8.78 Å². The fourth-order valence-corrected chi connectivity index (χ4v) is 5.18. The molecule has 13 nitrogen and oxygen atoms in total. The van der Waals surface area contributed by atoms with Crippen LogP contribution in [-0.4, -0.2) is 66.2 Å². The summed E-state index contributed by atoms with van der Waals surface area (Å²) in [5, 5.41) is 19.1. The lowest BCUT2D eigenvalue weighted by Gasteiger charge is -2.40. The van der Waals surface area contributed by atoms with Gasteiger partial charge in [0.2, 0.25) is 35.3 Å². The molecule has 2 unspecified atom stereocenters. The molecule has 0 spiro atoms. The second-order valence-corrected chi connectivity index (χ2v) is 11.8. The van der Waals surface area contributed by atoms with Crippen molar-refractivity contribution >= 4 is 41.1 Å². The van der Waals surface area contributed by atoms with Gasteiger partial charge in [-0.2, -0.15) is 8.78 Å². The molecule has 4 amide bonds. The van der Waals surface area contributed by atoms with Crippen LogP contribution in [0.1, 0.15) is 38.5 Å². The Balaban J connectivity index is 1.48. The van der Waals surface area contributed by atoms with E-state index >= 15 is 0 Å². The Labute approximate surface area is 294 Å². The molecule has 0 saturated heterocycles. The maximum absolute atomic E-state index is 14.0. The number of rotatable bonds is 17. The topological polar surface area (TPSA) is 189 Å². The van der Waals surface area contributed by atoms with Crippen LogP contribution in [-0.2, 0) is 28.8 Å². The predicted octanol–water partition coefficient (Wildman–Crippen LogP) is 3.76. The second-order valence-electron chi connectivity index (χ2n) is 11.8. The Bertz CT molecular complexity index is 1810. The first-order valence-electron chi connectivity index (χ1n) is 15.9. The number of nitrogens with one attached hydrogen (secondary N) is 4. The molecule has 0 radical (unpaired) electrons. The molecule has 1 aliphatic rings. The third-order valence-corrected chi connectivity index (χ3v) is 8.22. The van der Waals surface area contributed by atoms with Crippen LogP contribution in [0.3, 0.4) is 0 Å². The standard InChI is InChI=1S/C35H34F4N4O9/c1-40-27(45)12-11-24(32(48)41-19-7-5-10-21(15-19)52-20-8-3-2-4-9-20)42-33(49)35(13-6-14-35)34(50)43-25(17-28(46)47)26(44)18-51-31-29(38)22(36)16-23(37)30(31)39/h2-5,7-10,15-16,24-25H,6,11-14,17-18H2,1H3,(H,40,45)(H,41,48)(H,42,49)(H,43,50)(H,46,47). The molecule has 1 fully saturated rings. The second kappa shape index (κ2) is 17.3. The fraction of sp³-hybridized carbons (Fsp3) is 0.314. The van der Waals surface area contributed by atoms with E-state index < -0.39 is 94.9 Å². The van der Waals surface area contributed by atoms with Gasteiger partial charge in [-0.1, -0.05) is 30.7 Å². The van der Waals surface area contributed by atoms with E-state index in [2.05, 4.69) is 26.0 Å². The largest absolute Gasteiger partial charge is 0.481 e. The molecule has 3 aromatic carbocycles. The molecule has 5 N–H and O–H groups in total. The summed E-state index contributed by atoms with van der Waals surface area (Å²) < 4.78 is 65.6. The number of carboxylic acid groups (broad SMARTS) is 1. The van der Waals surface area contributed by atoms with Crippen molar-refractivity contribution in [2.24, 2.45) is 5.41 Å². The number of carbonyl (C=O) groups excluding carboxylic acids is 5. The number of hydrogen-bond donors (Lipinski definition) is 5. The maximum atomic E-state index is 14.0. The number of carboxylic acids is 1. The number of ether oxygens (including phenoxy) is 2. The zero-order valence-corrected chi connectivity index (χ0v) is 27.6. The highest BCUT2D eigenvalue weighted by Gasteiger charge is 2.52. The van der Waals surface area contributed by atoms with Gasteiger partial charge in [-0.3, -0.25) is 28.8 Å². The summed E-state index contributed by atoms with van der Waals surface area (Å²) in [5.41, 5.74) is -1.59. The van der Waals surface area contributed by atoms with Gasteiger partial charge in [0.15, 0.2) is 23.2 Å². The highest BCUT2D eigenvalue weighted by Crippen LogP contribution is 2.42. The quantitative estimate of drug-likeness (QED) is 0.0783. The summed E-state index contributed by atoms with van der Waals surface area (Å²) in [4.78, 5) is 77.2. The smallest absolute Gasteiger partial charge is 0.305 e. The zero-order chi connectivity index (χ0) is 38.0. The number of amides is 4. The first kappa shape index (κ1) is 38.8. The number of ketones is 1. The first-order chi connectivity index (χ1) is 24.7. The lowest BCUT2D eigenvalue weighted by molar-refractivity contribution is -0.152. The Morgan fingerprint density at radius 2 is 1.44 bits per heavy atom. The molecule has 1 aliphatic carbocycles. The van der Waals surface area contributed by atoms with Crippen molar-refractivity contribution in [2.75, 3.05) is 19.0 Å². The number of halogens is 4. The summed E-state index contributed by atoms with van der Waals surface area (Å²) >= 11 is 0. The van der Waals surface area contributed by atoms with E-state index in [1.807, 2.05) is 6.07 Å². The maximum Gasteiger partial charge on any atom is 0.305 e. The van der Waals surface area contributed by atoms with Gasteiger partial charge in [0.1, 0.15) is 35.6 Å². The van der Waals surface area contributed by atoms with Gasteiger partial charge in [0, 0.05) is 31.3 Å². The summed E-state index contributed by atoms with van der Waals surface area (Å²) in [5.74, 6) is -14.3. The highest BCUT2D eigenvalue weighted by atomic mass is 19.2. The van der Waals surface area contributed by atoms with Gasteiger partial charge in [-0.15, -0.1) is 0 Å². The SMILES string of the molecule is CNC(=O)CCC(NC(=O)C1(C(=O)NC(CC(=O)O)C(=O)COc2c(F)c(F)cc(F)c2F)CCC1)C(=O)Nc1cccc(Oc2ccccc2)c1. The van der Waals surface area contributed by atoms with Crippen molar-refractivity contribution in [3.8, 4) is 17.2 Å². The normalized spacial score (nSPS) is 14.1. The van der Waals surface area contributed by atoms with E-state index in [-0.39, 0.29) is 37.4 Å². The fourth-order valence-electron chi connectivity index (χ4n) is 5.18. The van der Waals surface area contributed by atoms with E-state index in [1.165, 1.54) is 13.1 Å². The number of anilines is 1. The van der Waals surface area contributed by atoms with E-state index in [9.17, 15) is 51.4 Å². The third kappa shape index (κ3) is 9.61. The van der Waals surface area contributed by atoms with Crippen LogP contribution in [0.25, 0.3) is 0 Å². The number of Topliss-reactive ketones (excluding diaryl/α,β-unsaturated/α-hetero) is 1. The first-order valence-corrected chi connectivity index (χ1v) is 15.9. The number of benzene rings is 3. The monoisotopic (exact) mass is 730 g/mol. The van der Waals surface area contributed by atoms with Crippen LogP contribution in [0.5, 0.6) is 17.2 Å². The molecule has 2 atom stereocenters. The van der Waals surface area contributed by atoms with Crippen LogP contribution in [0.4, 0.5) is 23.2 Å². The minimum absolute atomic E-state index is 0.0726. The molecule has 17 heteroatoms. The molecule has 0 bridgehead atoms. The molecule has 276 valence electrons. The van der Waals surface area contributed by atoms with Crippen LogP contribution in [0.2, 0.25) is 0 Å². The van der Waals surface area contributed by atoms with Gasteiger partial charge >= 0.3 is 5.97 Å². The van der Waals surface area contributed by atoms with Crippen molar-refractivity contribution in [3.05, 3.63) is 83.9 Å². The summed E-state index contributed by atoms with van der Waals surface area (Å²) in [6.07, 6.45) is -1.24. The Morgan fingerprint density at radius 1 is 0.827 bits per heavy atom. The minimum Gasteiger partial charge on any atom is -0.481 e. The van der Waals surface area contributed by atoms with E-state index in [0.29, 0.717) is 17.9 Å². The minimum atomic E-state index is -1.95. The number of para-hydroxylation sites is 1.